The Balaban J connectivity index is 3.21. The van der Waals surface area contributed by atoms with Crippen molar-refractivity contribution >= 4 is 11.4 Å². The molecule has 0 saturated carbocycles. The molecule has 2 nitrogen and oxygen atoms in total. The molecule has 0 spiro atoms. The maximum atomic E-state index is 13.1. The number of halogens is 3. The van der Waals surface area contributed by atoms with Crippen LogP contribution in [-0.2, 0) is 4.79 Å². The molecular weight excluding hydrogens is 353 g/mol. The minimum absolute atomic E-state index is 0.00199. The van der Waals surface area contributed by atoms with E-state index < -0.39 is 12.6 Å². The molecule has 1 rings (SSSR count). The maximum Gasteiger partial charge on any atom is 0.393 e. The van der Waals surface area contributed by atoms with Crippen LogP contribution in [0.4, 0.5) is 13.2 Å². The summed E-state index contributed by atoms with van der Waals surface area (Å²) in [6, 6.07) is 8.32. The van der Waals surface area contributed by atoms with Crippen molar-refractivity contribution in [3.8, 4) is 0 Å². The van der Waals surface area contributed by atoms with Crippen molar-refractivity contribution in [2.45, 2.75) is 70.9 Å². The largest absolute Gasteiger partial charge is 0.396 e. The second kappa shape index (κ2) is 12.5. The van der Waals surface area contributed by atoms with Crippen molar-refractivity contribution in [1.82, 2.24) is 0 Å². The lowest BCUT2D eigenvalue weighted by molar-refractivity contribution is -0.123. The Bertz CT molecular complexity index is 627. The van der Waals surface area contributed by atoms with E-state index in [4.69, 9.17) is 5.11 Å². The summed E-state index contributed by atoms with van der Waals surface area (Å²) in [5.41, 5.74) is 3.61. The summed E-state index contributed by atoms with van der Waals surface area (Å²) >= 11 is 0. The molecule has 1 aromatic carbocycles. The third kappa shape index (κ3) is 10.2. The molecule has 0 bridgehead atoms. The first-order chi connectivity index (χ1) is 12.9. The number of Topliss-reactive ketones (excluding diaryl/α,β-unsaturated/α-hetero) is 1. The lowest BCUT2D eigenvalue weighted by Crippen LogP contribution is -2.09. The molecule has 27 heavy (non-hydrogen) atoms. The predicted molar refractivity (Wildman–Crippen MR) is 102 cm³/mol. The number of carbonyl (C=O) groups is 1. The molecule has 0 amide bonds. The second-order valence-corrected chi connectivity index (χ2v) is 6.65. The van der Waals surface area contributed by atoms with Crippen LogP contribution in [0.25, 0.3) is 5.57 Å². The van der Waals surface area contributed by atoms with E-state index in [0.717, 1.165) is 25.7 Å². The molecule has 0 aliphatic rings. The van der Waals surface area contributed by atoms with E-state index in [1.54, 1.807) is 30.3 Å². The number of rotatable bonds is 12. The van der Waals surface area contributed by atoms with Gasteiger partial charge in [0.05, 0.1) is 6.42 Å². The molecule has 0 heterocycles. The van der Waals surface area contributed by atoms with Gasteiger partial charge < -0.3 is 5.11 Å². The Hall–Kier alpha value is -1.84. The first-order valence-corrected chi connectivity index (χ1v) is 9.62. The third-order valence-corrected chi connectivity index (χ3v) is 4.23. The number of alkyl halides is 3. The van der Waals surface area contributed by atoms with Gasteiger partial charge >= 0.3 is 6.18 Å². The molecule has 1 aromatic rings. The number of allylic oxidation sites excluding steroid dienone is 1. The zero-order valence-electron chi connectivity index (χ0n) is 15.9. The Labute approximate surface area is 159 Å². The van der Waals surface area contributed by atoms with Crippen LogP contribution >= 0.6 is 0 Å². The van der Waals surface area contributed by atoms with Crippen molar-refractivity contribution < 1.29 is 23.1 Å². The third-order valence-electron chi connectivity index (χ3n) is 4.23. The summed E-state index contributed by atoms with van der Waals surface area (Å²) in [4.78, 5) is 12.5. The molecule has 0 aliphatic heterocycles. The minimum Gasteiger partial charge on any atom is -0.396 e. The van der Waals surface area contributed by atoms with Crippen LogP contribution in [0.3, 0.4) is 0 Å². The summed E-state index contributed by atoms with van der Waals surface area (Å²) in [6.45, 7) is 2.08. The van der Waals surface area contributed by atoms with Gasteiger partial charge in [0.25, 0.3) is 0 Å². The summed E-state index contributed by atoms with van der Waals surface area (Å²) in [7, 11) is 0. The van der Waals surface area contributed by atoms with Gasteiger partial charge in [-0.05, 0) is 31.2 Å². The van der Waals surface area contributed by atoms with Crippen molar-refractivity contribution in [2.24, 2.45) is 0 Å². The number of hydrogen-bond acceptors (Lipinski definition) is 2. The molecule has 0 fully saturated rings. The maximum absolute atomic E-state index is 13.1. The van der Waals surface area contributed by atoms with Crippen molar-refractivity contribution in [3.05, 3.63) is 47.2 Å². The van der Waals surface area contributed by atoms with Gasteiger partial charge in [-0.2, -0.15) is 13.2 Å². The van der Waals surface area contributed by atoms with Gasteiger partial charge in [-0.1, -0.05) is 56.5 Å². The van der Waals surface area contributed by atoms with Crippen LogP contribution in [0.1, 0.15) is 70.3 Å². The average molecular weight is 382 g/mol. The Morgan fingerprint density at radius 1 is 1.00 bits per heavy atom. The van der Waals surface area contributed by atoms with Gasteiger partial charge in [0.2, 0.25) is 0 Å². The Morgan fingerprint density at radius 2 is 1.67 bits per heavy atom. The normalized spacial score (nSPS) is 11.1. The average Bonchev–Trinajstić information content (AvgIpc) is 2.63. The van der Waals surface area contributed by atoms with Crippen molar-refractivity contribution in [2.75, 3.05) is 6.61 Å². The highest BCUT2D eigenvalue weighted by Crippen LogP contribution is 2.30. The second-order valence-electron chi connectivity index (χ2n) is 6.65. The minimum atomic E-state index is -4.37. The number of unbranched alkanes of at least 4 members (excludes halogenated alkanes) is 4. The number of carbonyl (C=O) groups excluding carboxylic acids is 1. The Kier molecular flexibility index (Phi) is 10.8. The molecule has 0 unspecified atom stereocenters. The molecule has 150 valence electrons. The highest BCUT2D eigenvalue weighted by atomic mass is 19.4. The van der Waals surface area contributed by atoms with Crippen LogP contribution in [-0.4, -0.2) is 23.7 Å². The molecule has 0 atom stereocenters. The topological polar surface area (TPSA) is 37.3 Å². The fourth-order valence-electron chi connectivity index (χ4n) is 2.79. The quantitative estimate of drug-likeness (QED) is 0.264. The van der Waals surface area contributed by atoms with Gasteiger partial charge in [0, 0.05) is 24.2 Å². The predicted octanol–water partition coefficient (Wildman–Crippen LogP) is 6.25. The van der Waals surface area contributed by atoms with E-state index >= 15 is 0 Å². The highest BCUT2D eigenvalue weighted by Gasteiger charge is 2.29. The van der Waals surface area contributed by atoms with Crippen LogP contribution in [0.15, 0.2) is 41.6 Å². The van der Waals surface area contributed by atoms with Crippen molar-refractivity contribution in [1.29, 1.82) is 0 Å². The number of aliphatic hydroxyl groups excluding tert-OH is 1. The van der Waals surface area contributed by atoms with Crippen LogP contribution in [0, 0.1) is 0 Å². The smallest absolute Gasteiger partial charge is 0.393 e. The molecule has 5 heteroatoms. The number of aliphatic hydroxyl groups is 1. The molecule has 0 saturated heterocycles. The molecule has 1 N–H and O–H groups in total. The first kappa shape index (κ1) is 23.2. The van der Waals surface area contributed by atoms with Crippen LogP contribution in [0.2, 0.25) is 0 Å². The standard InChI is InChI=1S/C22H29F3O2/c1-2-3-4-6-13-19(21(27)14-9-10-15-26)16-20(17-22(23,24)25)18-11-7-5-8-12-18/h5,7-8,11-12,26H,2-4,6,9-10,13-15,17H2,1H3. The summed E-state index contributed by atoms with van der Waals surface area (Å²) < 4.78 is 39.2. The van der Waals surface area contributed by atoms with E-state index in [9.17, 15) is 18.0 Å². The number of benzene rings is 1. The summed E-state index contributed by atoms with van der Waals surface area (Å²) in [5, 5.41) is 8.88. The van der Waals surface area contributed by atoms with Crippen molar-refractivity contribution in [3.63, 3.8) is 0 Å². The van der Waals surface area contributed by atoms with E-state index in [1.807, 2.05) is 0 Å². The van der Waals surface area contributed by atoms with Crippen LogP contribution in [0.5, 0.6) is 0 Å². The SMILES string of the molecule is CCCCCCC(=C=C(CC(F)(F)F)c1ccccc1)C(=O)CCCCO. The van der Waals surface area contributed by atoms with Gasteiger partial charge in [-0.15, -0.1) is 5.73 Å². The van der Waals surface area contributed by atoms with E-state index in [-0.39, 0.29) is 24.4 Å². The monoisotopic (exact) mass is 382 g/mol. The van der Waals surface area contributed by atoms with Gasteiger partial charge in [-0.25, -0.2) is 0 Å². The highest BCUT2D eigenvalue weighted by molar-refractivity contribution is 5.96. The lowest BCUT2D eigenvalue weighted by atomic mass is 9.96. The van der Waals surface area contributed by atoms with Crippen LogP contribution < -0.4 is 0 Å². The fraction of sp³-hybridized carbons (Fsp3) is 0.545. The molecule has 0 aromatic heterocycles. The fourth-order valence-corrected chi connectivity index (χ4v) is 2.79. The lowest BCUT2D eigenvalue weighted by Gasteiger charge is -2.10. The molecule has 0 radical (unpaired) electrons. The van der Waals surface area contributed by atoms with Gasteiger partial charge in [-0.3, -0.25) is 4.79 Å². The van der Waals surface area contributed by atoms with Gasteiger partial charge in [0.1, 0.15) is 0 Å². The van der Waals surface area contributed by atoms with E-state index in [2.05, 4.69) is 12.7 Å². The van der Waals surface area contributed by atoms with E-state index in [1.165, 1.54) is 0 Å². The molecular formula is C22H29F3O2. The first-order valence-electron chi connectivity index (χ1n) is 9.62. The van der Waals surface area contributed by atoms with Gasteiger partial charge in [0.15, 0.2) is 5.78 Å². The zero-order chi connectivity index (χ0) is 20.1. The summed E-state index contributed by atoms with van der Waals surface area (Å²) in [5.74, 6) is -0.171. The number of ketones is 1. The summed E-state index contributed by atoms with van der Waals surface area (Å²) in [6.07, 6.45) is -0.0161. The van der Waals surface area contributed by atoms with E-state index in [0.29, 0.717) is 30.4 Å². The Morgan fingerprint density at radius 3 is 2.26 bits per heavy atom. The molecule has 0 aliphatic carbocycles. The number of hydrogen-bond donors (Lipinski definition) is 1. The zero-order valence-corrected chi connectivity index (χ0v) is 15.9.